The van der Waals surface area contributed by atoms with E-state index in [1.165, 1.54) is 0 Å². The molecule has 0 N–H and O–H groups in total. The number of aliphatic imine (C=N–C) groups is 1. The molecule has 0 atom stereocenters. The van der Waals surface area contributed by atoms with Gasteiger partial charge >= 0.3 is 5.97 Å². The van der Waals surface area contributed by atoms with Gasteiger partial charge in [0.25, 0.3) is 0 Å². The zero-order valence-corrected chi connectivity index (χ0v) is 17.1. The molecule has 134 valence electrons. The fourth-order valence-electron chi connectivity index (χ4n) is 2.92. The van der Waals surface area contributed by atoms with Crippen LogP contribution in [0.25, 0.3) is 16.8 Å². The van der Waals surface area contributed by atoms with Gasteiger partial charge in [-0.15, -0.1) is 0 Å². The average Bonchev–Trinajstić information content (AvgIpc) is 3.04. The van der Waals surface area contributed by atoms with Crippen LogP contribution in [0.15, 0.2) is 65.3 Å². The predicted octanol–water partition coefficient (Wildman–Crippen LogP) is 5.45. The lowest BCUT2D eigenvalue weighted by molar-refractivity contribution is -0.129. The standard InChI is InChI=1S/C21H13ClINO3/c1-26-19-9-6-12-4-2-3-5-14(12)15(19)11-18-21(25)27-20(24-18)16-10-13(23)7-8-17(16)22/h2-11H,1H3/b18-11-. The van der Waals surface area contributed by atoms with Gasteiger partial charge in [-0.05, 0) is 63.7 Å². The van der Waals surface area contributed by atoms with E-state index in [0.29, 0.717) is 16.3 Å². The van der Waals surface area contributed by atoms with Gasteiger partial charge in [0.05, 0.1) is 17.7 Å². The molecule has 0 unspecified atom stereocenters. The number of rotatable bonds is 3. The number of nitrogens with zero attached hydrogens (tertiary/aromatic N) is 1. The van der Waals surface area contributed by atoms with Crippen molar-refractivity contribution in [1.82, 2.24) is 0 Å². The molecular weight excluding hydrogens is 477 g/mol. The largest absolute Gasteiger partial charge is 0.496 e. The van der Waals surface area contributed by atoms with Crippen LogP contribution in [-0.2, 0) is 9.53 Å². The number of hydrogen-bond acceptors (Lipinski definition) is 4. The number of fused-ring (bicyclic) bond motifs is 1. The van der Waals surface area contributed by atoms with Gasteiger partial charge in [-0.25, -0.2) is 9.79 Å². The first-order chi connectivity index (χ1) is 13.1. The third-order valence-electron chi connectivity index (χ3n) is 4.21. The second-order valence-corrected chi connectivity index (χ2v) is 7.52. The van der Waals surface area contributed by atoms with Crippen molar-refractivity contribution in [3.63, 3.8) is 0 Å². The number of benzene rings is 3. The summed E-state index contributed by atoms with van der Waals surface area (Å²) in [5.41, 5.74) is 1.57. The van der Waals surface area contributed by atoms with Gasteiger partial charge in [-0.3, -0.25) is 0 Å². The van der Waals surface area contributed by atoms with E-state index >= 15 is 0 Å². The molecule has 0 fully saturated rings. The molecule has 0 bridgehead atoms. The molecule has 3 aromatic rings. The third-order valence-corrected chi connectivity index (χ3v) is 5.21. The Bertz CT molecular complexity index is 1140. The monoisotopic (exact) mass is 489 g/mol. The second kappa shape index (κ2) is 7.32. The summed E-state index contributed by atoms with van der Waals surface area (Å²) in [5, 5.41) is 2.49. The lowest BCUT2D eigenvalue weighted by atomic mass is 10.0. The Labute approximate surface area is 174 Å². The first-order valence-corrected chi connectivity index (χ1v) is 9.56. The molecule has 0 saturated heterocycles. The highest BCUT2D eigenvalue weighted by Gasteiger charge is 2.26. The molecule has 0 saturated carbocycles. The number of halogens is 2. The molecular formula is C21H13ClINO3. The zero-order valence-electron chi connectivity index (χ0n) is 14.2. The number of esters is 1. The van der Waals surface area contributed by atoms with Crippen molar-refractivity contribution in [3.8, 4) is 5.75 Å². The predicted molar refractivity (Wildman–Crippen MR) is 115 cm³/mol. The Morgan fingerprint density at radius 2 is 1.96 bits per heavy atom. The molecule has 1 aliphatic rings. The van der Waals surface area contributed by atoms with Gasteiger partial charge < -0.3 is 9.47 Å². The van der Waals surface area contributed by atoms with E-state index in [9.17, 15) is 4.79 Å². The second-order valence-electron chi connectivity index (χ2n) is 5.86. The summed E-state index contributed by atoms with van der Waals surface area (Å²) in [6.45, 7) is 0. The van der Waals surface area contributed by atoms with Crippen molar-refractivity contribution >= 4 is 62.9 Å². The molecule has 0 radical (unpaired) electrons. The van der Waals surface area contributed by atoms with Crippen LogP contribution in [0.3, 0.4) is 0 Å². The highest BCUT2D eigenvalue weighted by atomic mass is 127. The molecule has 27 heavy (non-hydrogen) atoms. The fraction of sp³-hybridized carbons (Fsp3) is 0.0476. The molecule has 0 amide bonds. The third kappa shape index (κ3) is 3.44. The van der Waals surface area contributed by atoms with E-state index in [1.54, 1.807) is 19.3 Å². The maximum Gasteiger partial charge on any atom is 0.363 e. The van der Waals surface area contributed by atoms with E-state index in [-0.39, 0.29) is 11.6 Å². The van der Waals surface area contributed by atoms with Crippen molar-refractivity contribution in [2.45, 2.75) is 0 Å². The maximum absolute atomic E-state index is 12.4. The average molecular weight is 490 g/mol. The Morgan fingerprint density at radius 1 is 1.15 bits per heavy atom. The lowest BCUT2D eigenvalue weighted by Crippen LogP contribution is -2.06. The Kier molecular flexibility index (Phi) is 4.88. The Balaban J connectivity index is 1.85. The molecule has 3 aromatic carbocycles. The quantitative estimate of drug-likeness (QED) is 0.279. The van der Waals surface area contributed by atoms with Crippen LogP contribution in [-0.4, -0.2) is 19.0 Å². The van der Waals surface area contributed by atoms with Crippen LogP contribution >= 0.6 is 34.2 Å². The van der Waals surface area contributed by atoms with Gasteiger partial charge in [-0.1, -0.05) is 41.9 Å². The molecule has 1 aliphatic heterocycles. The van der Waals surface area contributed by atoms with Gasteiger partial charge in [0, 0.05) is 9.13 Å². The molecule has 4 nitrogen and oxygen atoms in total. The van der Waals surface area contributed by atoms with Crippen LogP contribution in [0.4, 0.5) is 0 Å². The smallest absolute Gasteiger partial charge is 0.363 e. The summed E-state index contributed by atoms with van der Waals surface area (Å²) in [7, 11) is 1.60. The summed E-state index contributed by atoms with van der Waals surface area (Å²) >= 11 is 8.41. The minimum Gasteiger partial charge on any atom is -0.496 e. The summed E-state index contributed by atoms with van der Waals surface area (Å²) in [5.74, 6) is 0.342. The Morgan fingerprint density at radius 3 is 2.78 bits per heavy atom. The van der Waals surface area contributed by atoms with Crippen molar-refractivity contribution < 1.29 is 14.3 Å². The number of methoxy groups -OCH3 is 1. The minimum absolute atomic E-state index is 0.203. The summed E-state index contributed by atoms with van der Waals surface area (Å²) in [6.07, 6.45) is 1.69. The lowest BCUT2D eigenvalue weighted by Gasteiger charge is -2.08. The van der Waals surface area contributed by atoms with E-state index in [1.807, 2.05) is 48.5 Å². The SMILES string of the molecule is COc1ccc2ccccc2c1/C=C1\N=C(c2cc(I)ccc2Cl)OC1=O. The highest BCUT2D eigenvalue weighted by Crippen LogP contribution is 2.32. The fourth-order valence-corrected chi connectivity index (χ4v) is 3.61. The molecule has 1 heterocycles. The summed E-state index contributed by atoms with van der Waals surface area (Å²) in [4.78, 5) is 16.8. The molecule has 0 aliphatic carbocycles. The number of cyclic esters (lactones) is 1. The van der Waals surface area contributed by atoms with Crippen molar-refractivity contribution in [1.29, 1.82) is 0 Å². The number of ether oxygens (including phenoxy) is 2. The Hall–Kier alpha value is -2.38. The van der Waals surface area contributed by atoms with Crippen LogP contribution in [0.1, 0.15) is 11.1 Å². The van der Waals surface area contributed by atoms with Gasteiger partial charge in [-0.2, -0.15) is 0 Å². The van der Waals surface area contributed by atoms with Gasteiger partial charge in [0.15, 0.2) is 5.70 Å². The van der Waals surface area contributed by atoms with Crippen LogP contribution < -0.4 is 4.74 Å². The highest BCUT2D eigenvalue weighted by molar-refractivity contribution is 14.1. The first-order valence-electron chi connectivity index (χ1n) is 8.10. The molecule has 4 rings (SSSR count). The summed E-state index contributed by atoms with van der Waals surface area (Å²) in [6, 6.07) is 17.2. The number of carbonyl (C=O) groups is 1. The van der Waals surface area contributed by atoms with Crippen LogP contribution in [0.2, 0.25) is 5.02 Å². The first kappa shape index (κ1) is 18.0. The van der Waals surface area contributed by atoms with Crippen LogP contribution in [0, 0.1) is 3.57 Å². The van der Waals surface area contributed by atoms with Gasteiger partial charge in [0.2, 0.25) is 5.90 Å². The zero-order chi connectivity index (χ0) is 19.0. The normalized spacial score (nSPS) is 15.1. The van der Waals surface area contributed by atoms with E-state index in [2.05, 4.69) is 27.6 Å². The molecule has 0 spiro atoms. The van der Waals surface area contributed by atoms with E-state index in [0.717, 1.165) is 19.9 Å². The number of carbonyl (C=O) groups excluding carboxylic acids is 1. The summed E-state index contributed by atoms with van der Waals surface area (Å²) < 4.78 is 11.8. The topological polar surface area (TPSA) is 47.9 Å². The van der Waals surface area contributed by atoms with E-state index in [4.69, 9.17) is 21.1 Å². The van der Waals surface area contributed by atoms with Crippen molar-refractivity contribution in [3.05, 3.63) is 80.0 Å². The van der Waals surface area contributed by atoms with Crippen LogP contribution in [0.5, 0.6) is 5.75 Å². The molecule has 0 aromatic heterocycles. The van der Waals surface area contributed by atoms with Gasteiger partial charge in [0.1, 0.15) is 5.75 Å². The molecule has 6 heteroatoms. The van der Waals surface area contributed by atoms with Crippen molar-refractivity contribution in [2.75, 3.05) is 7.11 Å². The minimum atomic E-state index is -0.519. The maximum atomic E-state index is 12.4. The number of hydrogen-bond donors (Lipinski definition) is 0. The van der Waals surface area contributed by atoms with E-state index < -0.39 is 5.97 Å². The van der Waals surface area contributed by atoms with Crippen molar-refractivity contribution in [2.24, 2.45) is 4.99 Å².